The summed E-state index contributed by atoms with van der Waals surface area (Å²) in [5.74, 6) is -1.82. The van der Waals surface area contributed by atoms with Gasteiger partial charge in [0, 0.05) is 5.56 Å². The smallest absolute Gasteiger partial charge is 0.335 e. The molecule has 0 aromatic heterocycles. The van der Waals surface area contributed by atoms with Crippen LogP contribution >= 0.6 is 0 Å². The Morgan fingerprint density at radius 2 is 1.72 bits per heavy atom. The van der Waals surface area contributed by atoms with Crippen LogP contribution in [0.25, 0.3) is 6.08 Å². The molecule has 0 aliphatic carbocycles. The number of aryl methyl sites for hydroxylation is 1. The average Bonchev–Trinajstić information content (AvgIpc) is 2.77. The normalized spacial score (nSPS) is 15.1. The first-order chi connectivity index (χ1) is 15.4. The minimum atomic E-state index is -0.938. The van der Waals surface area contributed by atoms with E-state index in [1.54, 1.807) is 24.3 Å². The molecule has 3 aromatic rings. The highest BCUT2D eigenvalue weighted by atomic mass is 19.1. The first kappa shape index (κ1) is 21.0. The maximum atomic E-state index is 13.6. The van der Waals surface area contributed by atoms with Crippen LogP contribution in [0.2, 0.25) is 0 Å². The zero-order chi connectivity index (χ0) is 22.7. The highest BCUT2D eigenvalue weighted by Gasteiger charge is 2.37. The van der Waals surface area contributed by atoms with Crippen LogP contribution in [-0.4, -0.2) is 17.8 Å². The molecule has 0 bridgehead atoms. The van der Waals surface area contributed by atoms with E-state index in [0.29, 0.717) is 17.9 Å². The lowest BCUT2D eigenvalue weighted by molar-refractivity contribution is -0.122. The number of carbonyl (C=O) groups excluding carboxylic acids is 3. The number of nitrogens with one attached hydrogen (secondary N) is 1. The van der Waals surface area contributed by atoms with Gasteiger partial charge in [-0.1, -0.05) is 54.1 Å². The van der Waals surface area contributed by atoms with Crippen molar-refractivity contribution >= 4 is 29.6 Å². The lowest BCUT2D eigenvalue weighted by Gasteiger charge is -2.26. The Kier molecular flexibility index (Phi) is 5.81. The van der Waals surface area contributed by atoms with Gasteiger partial charge in [0.15, 0.2) is 0 Å². The minimum Gasteiger partial charge on any atom is -0.488 e. The molecule has 4 amide bonds. The van der Waals surface area contributed by atoms with E-state index >= 15 is 0 Å². The van der Waals surface area contributed by atoms with Crippen LogP contribution in [0.4, 0.5) is 14.9 Å². The molecule has 1 heterocycles. The quantitative estimate of drug-likeness (QED) is 0.482. The number of para-hydroxylation sites is 1. The molecule has 1 aliphatic rings. The molecule has 1 aliphatic heterocycles. The molecule has 160 valence electrons. The van der Waals surface area contributed by atoms with Gasteiger partial charge >= 0.3 is 6.03 Å². The van der Waals surface area contributed by atoms with Crippen molar-refractivity contribution in [3.8, 4) is 5.75 Å². The van der Waals surface area contributed by atoms with E-state index in [1.165, 1.54) is 24.3 Å². The number of nitrogens with zero attached hydrogens (tertiary/aromatic N) is 1. The summed E-state index contributed by atoms with van der Waals surface area (Å²) in [6.45, 7) is 2.30. The second kappa shape index (κ2) is 8.85. The first-order valence-electron chi connectivity index (χ1n) is 9.87. The van der Waals surface area contributed by atoms with Crippen LogP contribution in [-0.2, 0) is 16.2 Å². The van der Waals surface area contributed by atoms with Gasteiger partial charge in [-0.05, 0) is 42.8 Å². The fourth-order valence-electron chi connectivity index (χ4n) is 3.24. The number of hydrogen-bond acceptors (Lipinski definition) is 4. The monoisotopic (exact) mass is 430 g/mol. The molecule has 3 aromatic carbocycles. The summed E-state index contributed by atoms with van der Waals surface area (Å²) >= 11 is 0. The Bertz CT molecular complexity index is 1230. The number of barbiturate groups is 1. The van der Waals surface area contributed by atoms with Crippen LogP contribution in [0.5, 0.6) is 5.75 Å². The largest absolute Gasteiger partial charge is 0.488 e. The number of urea groups is 1. The zero-order valence-corrected chi connectivity index (χ0v) is 17.2. The first-order valence-corrected chi connectivity index (χ1v) is 9.87. The third-order valence-corrected chi connectivity index (χ3v) is 4.90. The summed E-state index contributed by atoms with van der Waals surface area (Å²) in [6.07, 6.45) is 1.36. The molecule has 0 spiro atoms. The molecule has 0 radical (unpaired) electrons. The van der Waals surface area contributed by atoms with E-state index in [2.05, 4.69) is 5.32 Å². The SMILES string of the molecule is Cc1ccc(COc2ccccc2/C=C2\C(=O)NC(=O)N(c3cccc(F)c3)C2=O)cc1. The third-order valence-electron chi connectivity index (χ3n) is 4.90. The molecule has 0 unspecified atom stereocenters. The van der Waals surface area contributed by atoms with Crippen LogP contribution in [0, 0.1) is 12.7 Å². The number of amides is 4. The minimum absolute atomic E-state index is 0.0230. The molecule has 0 atom stereocenters. The van der Waals surface area contributed by atoms with Crippen LogP contribution in [0.3, 0.4) is 0 Å². The summed E-state index contributed by atoms with van der Waals surface area (Å²) < 4.78 is 19.5. The van der Waals surface area contributed by atoms with Gasteiger partial charge in [0.1, 0.15) is 23.7 Å². The topological polar surface area (TPSA) is 75.7 Å². The van der Waals surface area contributed by atoms with Crippen molar-refractivity contribution in [2.24, 2.45) is 0 Å². The van der Waals surface area contributed by atoms with Gasteiger partial charge in [0.2, 0.25) is 0 Å². The summed E-state index contributed by atoms with van der Waals surface area (Å²) in [5, 5.41) is 2.13. The molecule has 1 fully saturated rings. The van der Waals surface area contributed by atoms with Crippen molar-refractivity contribution < 1.29 is 23.5 Å². The number of rotatable bonds is 5. The molecule has 1 saturated heterocycles. The Balaban J connectivity index is 1.63. The lowest BCUT2D eigenvalue weighted by Crippen LogP contribution is -2.54. The second-order valence-electron chi connectivity index (χ2n) is 7.25. The Labute approximate surface area is 183 Å². The fraction of sp³-hybridized carbons (Fsp3) is 0.0800. The number of ether oxygens (including phenoxy) is 1. The van der Waals surface area contributed by atoms with Crippen molar-refractivity contribution in [3.05, 3.63) is 101 Å². The molecule has 6 nitrogen and oxygen atoms in total. The van der Waals surface area contributed by atoms with Crippen LogP contribution < -0.4 is 15.0 Å². The highest BCUT2D eigenvalue weighted by Crippen LogP contribution is 2.26. The van der Waals surface area contributed by atoms with Gasteiger partial charge in [-0.25, -0.2) is 14.1 Å². The van der Waals surface area contributed by atoms with Crippen molar-refractivity contribution in [3.63, 3.8) is 0 Å². The summed E-state index contributed by atoms with van der Waals surface area (Å²) in [7, 11) is 0. The number of carbonyl (C=O) groups is 3. The van der Waals surface area contributed by atoms with Gasteiger partial charge in [0.25, 0.3) is 11.8 Å². The Morgan fingerprint density at radius 3 is 2.47 bits per heavy atom. The molecular formula is C25H19FN2O4. The van der Waals surface area contributed by atoms with Gasteiger partial charge in [-0.2, -0.15) is 0 Å². The van der Waals surface area contributed by atoms with Crippen molar-refractivity contribution in [2.75, 3.05) is 4.90 Å². The van der Waals surface area contributed by atoms with Gasteiger partial charge in [0.05, 0.1) is 5.69 Å². The number of imide groups is 2. The van der Waals surface area contributed by atoms with E-state index in [4.69, 9.17) is 4.74 Å². The van der Waals surface area contributed by atoms with E-state index in [-0.39, 0.29) is 11.3 Å². The highest BCUT2D eigenvalue weighted by molar-refractivity contribution is 6.39. The van der Waals surface area contributed by atoms with Gasteiger partial charge < -0.3 is 4.74 Å². The molecule has 4 rings (SSSR count). The number of hydrogen-bond donors (Lipinski definition) is 1. The summed E-state index contributed by atoms with van der Waals surface area (Å²) in [6, 6.07) is 18.9. The molecule has 0 saturated carbocycles. The van der Waals surface area contributed by atoms with E-state index in [1.807, 2.05) is 31.2 Å². The predicted molar refractivity (Wildman–Crippen MR) is 117 cm³/mol. The van der Waals surface area contributed by atoms with Crippen molar-refractivity contribution in [1.82, 2.24) is 5.32 Å². The standard InChI is InChI=1S/C25H19FN2O4/c1-16-9-11-17(12-10-16)15-32-22-8-3-2-5-18(22)13-21-23(29)27-25(31)28(24(21)30)20-7-4-6-19(26)14-20/h2-14H,15H2,1H3,(H,27,29,31)/b21-13+. The van der Waals surface area contributed by atoms with E-state index < -0.39 is 23.7 Å². The van der Waals surface area contributed by atoms with E-state index in [0.717, 1.165) is 22.1 Å². The Hall–Kier alpha value is -4.26. The van der Waals surface area contributed by atoms with Crippen molar-refractivity contribution in [1.29, 1.82) is 0 Å². The molecule has 1 N–H and O–H groups in total. The summed E-state index contributed by atoms with van der Waals surface area (Å²) in [5.41, 5.74) is 2.35. The second-order valence-corrected chi connectivity index (χ2v) is 7.25. The maximum absolute atomic E-state index is 13.6. The van der Waals surface area contributed by atoms with E-state index in [9.17, 15) is 18.8 Å². The Morgan fingerprint density at radius 1 is 0.969 bits per heavy atom. The molecular weight excluding hydrogens is 411 g/mol. The van der Waals surface area contributed by atoms with Crippen molar-refractivity contribution in [2.45, 2.75) is 13.5 Å². The fourth-order valence-corrected chi connectivity index (χ4v) is 3.24. The predicted octanol–water partition coefficient (Wildman–Crippen LogP) is 4.38. The lowest BCUT2D eigenvalue weighted by atomic mass is 10.1. The third kappa shape index (κ3) is 4.41. The molecule has 7 heteroatoms. The number of benzene rings is 3. The zero-order valence-electron chi connectivity index (χ0n) is 17.2. The summed E-state index contributed by atoms with van der Waals surface area (Å²) in [4.78, 5) is 38.4. The van der Waals surface area contributed by atoms with Gasteiger partial charge in [-0.15, -0.1) is 0 Å². The number of halogens is 1. The average molecular weight is 430 g/mol. The van der Waals surface area contributed by atoms with Crippen LogP contribution in [0.1, 0.15) is 16.7 Å². The molecule has 32 heavy (non-hydrogen) atoms. The number of anilines is 1. The maximum Gasteiger partial charge on any atom is 0.335 e. The van der Waals surface area contributed by atoms with Crippen LogP contribution in [0.15, 0.2) is 78.4 Å². The van der Waals surface area contributed by atoms with Gasteiger partial charge in [-0.3, -0.25) is 14.9 Å².